The van der Waals surface area contributed by atoms with Crippen molar-refractivity contribution in [3.8, 4) is 0 Å². The molecule has 0 fully saturated rings. The molecule has 0 aliphatic carbocycles. The van der Waals surface area contributed by atoms with Crippen LogP contribution >= 0.6 is 12.2 Å². The Bertz CT molecular complexity index is 606. The van der Waals surface area contributed by atoms with Gasteiger partial charge in [-0.25, -0.2) is 4.98 Å². The Morgan fingerprint density at radius 3 is 2.94 bits per heavy atom. The molecular formula is C13H14N4S. The standard InChI is InChI=1S/C13H14N4S/c18-13-10-8-15-6-3-11(10)16-12(17-13)7-9-1-4-14-5-2-9/h1-2,4-5,15H,3,6-8H2,(H,16,17,18). The minimum atomic E-state index is 0.722. The number of H-pyrrole nitrogens is 1. The molecule has 0 aromatic carbocycles. The van der Waals surface area contributed by atoms with Crippen LogP contribution in [0.2, 0.25) is 0 Å². The lowest BCUT2D eigenvalue weighted by molar-refractivity contribution is 0.619. The third-order valence-electron chi connectivity index (χ3n) is 3.13. The third-order valence-corrected chi connectivity index (χ3v) is 3.47. The summed E-state index contributed by atoms with van der Waals surface area (Å²) in [5, 5.41) is 3.32. The number of fused-ring (bicyclic) bond motifs is 1. The van der Waals surface area contributed by atoms with Crippen LogP contribution in [0, 0.1) is 4.64 Å². The number of rotatable bonds is 2. The lowest BCUT2D eigenvalue weighted by atomic mass is 10.1. The number of hydrogen-bond acceptors (Lipinski definition) is 4. The summed E-state index contributed by atoms with van der Waals surface area (Å²) in [5.74, 6) is 0.937. The van der Waals surface area contributed by atoms with Crippen molar-refractivity contribution in [2.24, 2.45) is 0 Å². The maximum absolute atomic E-state index is 5.36. The first-order chi connectivity index (χ1) is 8.83. The molecule has 2 aromatic rings. The third kappa shape index (κ3) is 2.32. The average molecular weight is 258 g/mol. The van der Waals surface area contributed by atoms with Gasteiger partial charge < -0.3 is 10.3 Å². The van der Waals surface area contributed by atoms with Crippen molar-refractivity contribution >= 4 is 12.2 Å². The van der Waals surface area contributed by atoms with Gasteiger partial charge in [-0.2, -0.15) is 0 Å². The second kappa shape index (κ2) is 4.96. The van der Waals surface area contributed by atoms with Gasteiger partial charge in [-0.05, 0) is 17.7 Å². The molecule has 18 heavy (non-hydrogen) atoms. The fraction of sp³-hybridized carbons (Fsp3) is 0.308. The van der Waals surface area contributed by atoms with E-state index in [4.69, 9.17) is 12.2 Å². The van der Waals surface area contributed by atoms with Gasteiger partial charge in [0.1, 0.15) is 10.5 Å². The van der Waals surface area contributed by atoms with Gasteiger partial charge in [0, 0.05) is 49.6 Å². The smallest absolute Gasteiger partial charge is 0.134 e. The van der Waals surface area contributed by atoms with Gasteiger partial charge in [-0.15, -0.1) is 0 Å². The van der Waals surface area contributed by atoms with E-state index in [-0.39, 0.29) is 0 Å². The molecule has 1 aliphatic heterocycles. The fourth-order valence-corrected chi connectivity index (χ4v) is 2.50. The second-order valence-electron chi connectivity index (χ2n) is 4.40. The van der Waals surface area contributed by atoms with Gasteiger partial charge in [0.15, 0.2) is 0 Å². The van der Waals surface area contributed by atoms with Crippen molar-refractivity contribution in [3.63, 3.8) is 0 Å². The van der Waals surface area contributed by atoms with E-state index >= 15 is 0 Å². The highest BCUT2D eigenvalue weighted by Gasteiger charge is 2.12. The molecule has 4 nitrogen and oxygen atoms in total. The molecule has 3 heterocycles. The Balaban J connectivity index is 1.94. The largest absolute Gasteiger partial charge is 0.346 e. The van der Waals surface area contributed by atoms with Crippen molar-refractivity contribution in [1.29, 1.82) is 0 Å². The Hall–Kier alpha value is -1.59. The first kappa shape index (κ1) is 11.5. The highest BCUT2D eigenvalue weighted by molar-refractivity contribution is 7.71. The second-order valence-corrected chi connectivity index (χ2v) is 4.79. The molecule has 0 atom stereocenters. The summed E-state index contributed by atoms with van der Waals surface area (Å²) in [7, 11) is 0. The molecule has 2 N–H and O–H groups in total. The quantitative estimate of drug-likeness (QED) is 0.806. The predicted octanol–water partition coefficient (Wildman–Crippen LogP) is 1.77. The van der Waals surface area contributed by atoms with Gasteiger partial charge in [0.2, 0.25) is 0 Å². The lowest BCUT2D eigenvalue weighted by Crippen LogP contribution is -2.26. The number of nitrogens with zero attached hydrogens (tertiary/aromatic N) is 2. The van der Waals surface area contributed by atoms with E-state index in [0.717, 1.165) is 42.0 Å². The average Bonchev–Trinajstić information content (AvgIpc) is 2.40. The van der Waals surface area contributed by atoms with Crippen molar-refractivity contribution < 1.29 is 0 Å². The zero-order valence-corrected chi connectivity index (χ0v) is 10.8. The first-order valence-corrected chi connectivity index (χ1v) is 6.44. The zero-order chi connectivity index (χ0) is 12.4. The number of hydrogen-bond donors (Lipinski definition) is 2. The zero-order valence-electron chi connectivity index (χ0n) is 9.94. The molecule has 1 aliphatic rings. The minimum absolute atomic E-state index is 0.722. The predicted molar refractivity (Wildman–Crippen MR) is 71.9 cm³/mol. The van der Waals surface area contributed by atoms with E-state index in [1.165, 1.54) is 11.3 Å². The minimum Gasteiger partial charge on any atom is -0.346 e. The van der Waals surface area contributed by atoms with Crippen LogP contribution in [0.3, 0.4) is 0 Å². The highest BCUT2D eigenvalue weighted by atomic mass is 32.1. The normalized spacial score (nSPS) is 14.2. The summed E-state index contributed by atoms with van der Waals surface area (Å²) in [6, 6.07) is 4.00. The molecule has 0 saturated carbocycles. The van der Waals surface area contributed by atoms with Crippen LogP contribution in [0.4, 0.5) is 0 Å². The van der Waals surface area contributed by atoms with Crippen molar-refractivity contribution in [2.75, 3.05) is 6.54 Å². The fourth-order valence-electron chi connectivity index (χ4n) is 2.20. The van der Waals surface area contributed by atoms with Gasteiger partial charge in [0.05, 0.1) is 0 Å². The molecule has 0 unspecified atom stereocenters. The molecule has 0 radical (unpaired) electrons. The topological polar surface area (TPSA) is 53.6 Å². The highest BCUT2D eigenvalue weighted by Crippen LogP contribution is 2.14. The van der Waals surface area contributed by atoms with Gasteiger partial charge in [0.25, 0.3) is 0 Å². The summed E-state index contributed by atoms with van der Waals surface area (Å²) in [6.07, 6.45) is 5.36. The molecule has 0 spiro atoms. The van der Waals surface area contributed by atoms with E-state index in [0.29, 0.717) is 0 Å². The maximum Gasteiger partial charge on any atom is 0.134 e. The van der Waals surface area contributed by atoms with E-state index in [9.17, 15) is 0 Å². The van der Waals surface area contributed by atoms with Gasteiger partial charge >= 0.3 is 0 Å². The number of aromatic nitrogens is 3. The van der Waals surface area contributed by atoms with Crippen LogP contribution < -0.4 is 5.32 Å². The van der Waals surface area contributed by atoms with Crippen molar-refractivity contribution in [1.82, 2.24) is 20.3 Å². The number of pyridine rings is 1. The Morgan fingerprint density at radius 1 is 1.28 bits per heavy atom. The summed E-state index contributed by atoms with van der Waals surface area (Å²) >= 11 is 5.36. The molecule has 0 bridgehead atoms. The van der Waals surface area contributed by atoms with Crippen LogP contribution in [-0.4, -0.2) is 21.5 Å². The SMILES string of the molecule is S=c1nc(Cc2ccncc2)[nH]c2c1CNCC2. The molecule has 3 rings (SSSR count). The van der Waals surface area contributed by atoms with E-state index in [1.54, 1.807) is 12.4 Å². The van der Waals surface area contributed by atoms with E-state index in [2.05, 4.69) is 20.3 Å². The van der Waals surface area contributed by atoms with Crippen molar-refractivity contribution in [2.45, 2.75) is 19.4 Å². The van der Waals surface area contributed by atoms with Gasteiger partial charge in [-0.3, -0.25) is 4.98 Å². The molecule has 0 saturated heterocycles. The van der Waals surface area contributed by atoms with Crippen LogP contribution in [-0.2, 0) is 19.4 Å². The van der Waals surface area contributed by atoms with Crippen molar-refractivity contribution in [3.05, 3.63) is 51.8 Å². The Kier molecular flexibility index (Phi) is 3.17. The lowest BCUT2D eigenvalue weighted by Gasteiger charge is -2.17. The van der Waals surface area contributed by atoms with Crippen LogP contribution in [0.25, 0.3) is 0 Å². The molecule has 2 aromatic heterocycles. The summed E-state index contributed by atoms with van der Waals surface area (Å²) < 4.78 is 0.722. The maximum atomic E-state index is 5.36. The summed E-state index contributed by atoms with van der Waals surface area (Å²) in [5.41, 5.74) is 3.57. The molecular weight excluding hydrogens is 244 g/mol. The summed E-state index contributed by atoms with van der Waals surface area (Å²) in [4.78, 5) is 11.9. The molecule has 0 amide bonds. The van der Waals surface area contributed by atoms with Crippen LogP contribution in [0.15, 0.2) is 24.5 Å². The molecule has 5 heteroatoms. The van der Waals surface area contributed by atoms with E-state index in [1.807, 2.05) is 12.1 Å². The first-order valence-electron chi connectivity index (χ1n) is 6.03. The Morgan fingerprint density at radius 2 is 2.11 bits per heavy atom. The number of aromatic amines is 1. The molecule has 92 valence electrons. The monoisotopic (exact) mass is 258 g/mol. The van der Waals surface area contributed by atoms with Gasteiger partial charge in [-0.1, -0.05) is 12.2 Å². The number of nitrogens with one attached hydrogen (secondary N) is 2. The Labute approximate surface area is 111 Å². The summed E-state index contributed by atoms with van der Waals surface area (Å²) in [6.45, 7) is 1.82. The van der Waals surface area contributed by atoms with Crippen LogP contribution in [0.5, 0.6) is 0 Å². The van der Waals surface area contributed by atoms with Crippen LogP contribution in [0.1, 0.15) is 22.6 Å². The van der Waals surface area contributed by atoms with E-state index < -0.39 is 0 Å².